The van der Waals surface area contributed by atoms with Gasteiger partial charge >= 0.3 is 0 Å². The summed E-state index contributed by atoms with van der Waals surface area (Å²) in [6, 6.07) is 46.5. The molecule has 33 heavy (non-hydrogen) atoms. The SMILES string of the molecule is c1ccc(Cc2ccccc2-c2cc(Nc3ccccc3)cc(Nc3ccccc3)c2)cc1. The van der Waals surface area contributed by atoms with Gasteiger partial charge < -0.3 is 10.6 Å². The Labute approximate surface area is 195 Å². The molecular formula is C31H26N2. The maximum atomic E-state index is 3.57. The summed E-state index contributed by atoms with van der Waals surface area (Å²) in [6.07, 6.45) is 0.898. The van der Waals surface area contributed by atoms with Crippen LogP contribution in [-0.2, 0) is 6.42 Å². The van der Waals surface area contributed by atoms with E-state index >= 15 is 0 Å². The van der Waals surface area contributed by atoms with Crippen molar-refractivity contribution in [3.8, 4) is 11.1 Å². The monoisotopic (exact) mass is 426 g/mol. The molecule has 0 aromatic heterocycles. The van der Waals surface area contributed by atoms with Gasteiger partial charge in [0.2, 0.25) is 0 Å². The van der Waals surface area contributed by atoms with E-state index in [-0.39, 0.29) is 0 Å². The summed E-state index contributed by atoms with van der Waals surface area (Å²) in [7, 11) is 0. The predicted molar refractivity (Wildman–Crippen MR) is 141 cm³/mol. The standard InChI is InChI=1S/C31H26N2/c1-4-12-24(13-5-1)20-25-14-10-11-19-31(25)26-21-29(32-27-15-6-2-7-16-27)23-30(22-26)33-28-17-8-3-9-18-28/h1-19,21-23,32-33H,20H2. The maximum absolute atomic E-state index is 3.57. The van der Waals surface area contributed by atoms with E-state index in [2.05, 4.69) is 108 Å². The van der Waals surface area contributed by atoms with Crippen LogP contribution in [0.3, 0.4) is 0 Å². The van der Waals surface area contributed by atoms with Gasteiger partial charge in [0.25, 0.3) is 0 Å². The molecule has 0 heterocycles. The summed E-state index contributed by atoms with van der Waals surface area (Å²) in [5.74, 6) is 0. The Bertz CT molecular complexity index is 1250. The van der Waals surface area contributed by atoms with Crippen LogP contribution >= 0.6 is 0 Å². The number of anilines is 4. The third-order valence-electron chi connectivity index (χ3n) is 5.62. The van der Waals surface area contributed by atoms with Crippen molar-refractivity contribution >= 4 is 22.7 Å². The van der Waals surface area contributed by atoms with Crippen molar-refractivity contribution in [3.05, 3.63) is 145 Å². The molecule has 2 heteroatoms. The zero-order valence-electron chi connectivity index (χ0n) is 18.4. The summed E-state index contributed by atoms with van der Waals surface area (Å²) in [5.41, 5.74) is 9.28. The minimum Gasteiger partial charge on any atom is -0.355 e. The molecule has 0 aliphatic carbocycles. The van der Waals surface area contributed by atoms with Gasteiger partial charge in [0.15, 0.2) is 0 Å². The first-order valence-corrected chi connectivity index (χ1v) is 11.2. The van der Waals surface area contributed by atoms with E-state index in [1.165, 1.54) is 22.3 Å². The van der Waals surface area contributed by atoms with E-state index in [1.54, 1.807) is 0 Å². The summed E-state index contributed by atoms with van der Waals surface area (Å²) >= 11 is 0. The lowest BCUT2D eigenvalue weighted by Gasteiger charge is -2.16. The van der Waals surface area contributed by atoms with Crippen molar-refractivity contribution in [1.82, 2.24) is 0 Å². The molecule has 0 amide bonds. The van der Waals surface area contributed by atoms with Gasteiger partial charge in [-0.3, -0.25) is 0 Å². The Morgan fingerprint density at radius 3 is 1.48 bits per heavy atom. The molecule has 0 unspecified atom stereocenters. The lowest BCUT2D eigenvalue weighted by Crippen LogP contribution is -1.97. The van der Waals surface area contributed by atoms with Crippen LogP contribution in [0, 0.1) is 0 Å². The van der Waals surface area contributed by atoms with Crippen LogP contribution < -0.4 is 10.6 Å². The van der Waals surface area contributed by atoms with Gasteiger partial charge in [-0.05, 0) is 71.1 Å². The van der Waals surface area contributed by atoms with Crippen molar-refractivity contribution in [2.45, 2.75) is 6.42 Å². The molecule has 5 rings (SSSR count). The van der Waals surface area contributed by atoms with Gasteiger partial charge in [0.1, 0.15) is 0 Å². The van der Waals surface area contributed by atoms with E-state index in [1.807, 2.05) is 36.4 Å². The lowest BCUT2D eigenvalue weighted by atomic mass is 9.94. The molecule has 5 aromatic rings. The Morgan fingerprint density at radius 2 is 0.909 bits per heavy atom. The Hall–Kier alpha value is -4.30. The molecule has 0 saturated carbocycles. The minimum absolute atomic E-state index is 0.898. The number of nitrogens with one attached hydrogen (secondary N) is 2. The third-order valence-corrected chi connectivity index (χ3v) is 5.62. The van der Waals surface area contributed by atoms with Crippen LogP contribution in [0.15, 0.2) is 133 Å². The van der Waals surface area contributed by atoms with Crippen molar-refractivity contribution in [3.63, 3.8) is 0 Å². The van der Waals surface area contributed by atoms with E-state index in [0.717, 1.165) is 29.2 Å². The van der Waals surface area contributed by atoms with E-state index < -0.39 is 0 Å². The lowest BCUT2D eigenvalue weighted by molar-refractivity contribution is 1.19. The van der Waals surface area contributed by atoms with Crippen molar-refractivity contribution < 1.29 is 0 Å². The van der Waals surface area contributed by atoms with Crippen LogP contribution in [0.4, 0.5) is 22.7 Å². The molecule has 0 aliphatic heterocycles. The highest BCUT2D eigenvalue weighted by molar-refractivity contribution is 5.79. The fourth-order valence-electron chi connectivity index (χ4n) is 4.08. The maximum Gasteiger partial charge on any atom is 0.0411 e. The zero-order chi connectivity index (χ0) is 22.3. The van der Waals surface area contributed by atoms with Crippen LogP contribution in [0.5, 0.6) is 0 Å². The predicted octanol–water partition coefficient (Wildman–Crippen LogP) is 8.43. The summed E-state index contributed by atoms with van der Waals surface area (Å²) in [5, 5.41) is 7.14. The third kappa shape index (κ3) is 5.31. The van der Waals surface area contributed by atoms with Crippen molar-refractivity contribution in [2.24, 2.45) is 0 Å². The van der Waals surface area contributed by atoms with Gasteiger partial charge in [-0.1, -0.05) is 91.0 Å². The largest absolute Gasteiger partial charge is 0.355 e. The Balaban J connectivity index is 1.55. The van der Waals surface area contributed by atoms with Gasteiger partial charge in [-0.25, -0.2) is 0 Å². The van der Waals surface area contributed by atoms with Crippen LogP contribution in [0.1, 0.15) is 11.1 Å². The molecule has 5 aromatic carbocycles. The summed E-state index contributed by atoms with van der Waals surface area (Å²) < 4.78 is 0. The fraction of sp³-hybridized carbons (Fsp3) is 0.0323. The molecule has 0 radical (unpaired) electrons. The van der Waals surface area contributed by atoms with E-state index in [9.17, 15) is 0 Å². The van der Waals surface area contributed by atoms with Crippen molar-refractivity contribution in [1.29, 1.82) is 0 Å². The number of benzene rings is 5. The van der Waals surface area contributed by atoms with Crippen LogP contribution in [-0.4, -0.2) is 0 Å². The number of hydrogen-bond donors (Lipinski definition) is 2. The first kappa shape index (κ1) is 20.6. The average molecular weight is 427 g/mol. The molecule has 0 saturated heterocycles. The Kier molecular flexibility index (Phi) is 6.17. The molecule has 160 valence electrons. The van der Waals surface area contributed by atoms with E-state index in [4.69, 9.17) is 0 Å². The molecule has 0 aliphatic rings. The molecule has 2 nitrogen and oxygen atoms in total. The minimum atomic E-state index is 0.898. The number of para-hydroxylation sites is 2. The summed E-state index contributed by atoms with van der Waals surface area (Å²) in [6.45, 7) is 0. The molecule has 0 bridgehead atoms. The quantitative estimate of drug-likeness (QED) is 0.273. The van der Waals surface area contributed by atoms with Gasteiger partial charge in [-0.2, -0.15) is 0 Å². The number of hydrogen-bond acceptors (Lipinski definition) is 2. The molecule has 0 spiro atoms. The normalized spacial score (nSPS) is 10.5. The zero-order valence-corrected chi connectivity index (χ0v) is 18.4. The van der Waals surface area contributed by atoms with Gasteiger partial charge in [-0.15, -0.1) is 0 Å². The molecule has 2 N–H and O–H groups in total. The highest BCUT2D eigenvalue weighted by atomic mass is 14.9. The summed E-state index contributed by atoms with van der Waals surface area (Å²) in [4.78, 5) is 0. The van der Waals surface area contributed by atoms with Gasteiger partial charge in [0, 0.05) is 22.7 Å². The highest BCUT2D eigenvalue weighted by Crippen LogP contribution is 2.33. The average Bonchev–Trinajstić information content (AvgIpc) is 2.86. The van der Waals surface area contributed by atoms with Crippen LogP contribution in [0.25, 0.3) is 11.1 Å². The molecule has 0 atom stereocenters. The second-order valence-electron chi connectivity index (χ2n) is 8.10. The number of rotatable bonds is 7. The van der Waals surface area contributed by atoms with Crippen LogP contribution in [0.2, 0.25) is 0 Å². The topological polar surface area (TPSA) is 24.1 Å². The van der Waals surface area contributed by atoms with E-state index in [0.29, 0.717) is 0 Å². The first-order valence-electron chi connectivity index (χ1n) is 11.2. The molecule has 0 fully saturated rings. The van der Waals surface area contributed by atoms with Crippen molar-refractivity contribution in [2.75, 3.05) is 10.6 Å². The Morgan fingerprint density at radius 1 is 0.424 bits per heavy atom. The second-order valence-corrected chi connectivity index (χ2v) is 8.10. The smallest absolute Gasteiger partial charge is 0.0411 e. The second kappa shape index (κ2) is 9.88. The first-order chi connectivity index (χ1) is 16.3. The fourth-order valence-corrected chi connectivity index (χ4v) is 4.08. The van der Waals surface area contributed by atoms with Gasteiger partial charge in [0.05, 0.1) is 0 Å². The highest BCUT2D eigenvalue weighted by Gasteiger charge is 2.09. The molecular weight excluding hydrogens is 400 g/mol.